The fourth-order valence-electron chi connectivity index (χ4n) is 1.51. The second-order valence-electron chi connectivity index (χ2n) is 4.68. The van der Waals surface area contributed by atoms with E-state index in [1.807, 2.05) is 13.8 Å². The summed E-state index contributed by atoms with van der Waals surface area (Å²) in [5, 5.41) is 19.6. The van der Waals surface area contributed by atoms with E-state index < -0.39 is 28.0 Å². The van der Waals surface area contributed by atoms with Gasteiger partial charge in [-0.05, 0) is 5.92 Å². The largest absolute Gasteiger partial charge is 0.488 e. The van der Waals surface area contributed by atoms with Crippen LogP contribution in [0.15, 0.2) is 12.1 Å². The van der Waals surface area contributed by atoms with E-state index >= 15 is 0 Å². The third-order valence-electron chi connectivity index (χ3n) is 2.41. The third kappa shape index (κ3) is 4.99. The van der Waals surface area contributed by atoms with Crippen LogP contribution in [0.1, 0.15) is 24.2 Å². The first-order valence-corrected chi connectivity index (χ1v) is 6.24. The number of carboxylic acids is 1. The lowest BCUT2D eigenvalue weighted by molar-refractivity contribution is -0.385. The predicted molar refractivity (Wildman–Crippen MR) is 71.2 cm³/mol. The van der Waals surface area contributed by atoms with Crippen molar-refractivity contribution in [1.29, 1.82) is 0 Å². The fourth-order valence-corrected chi connectivity index (χ4v) is 1.51. The van der Waals surface area contributed by atoms with Crippen LogP contribution in [-0.4, -0.2) is 35.8 Å². The Bertz CT molecular complexity index is 532. The average Bonchev–Trinajstić information content (AvgIpc) is 2.38. The Kier molecular flexibility index (Phi) is 6.04. The number of benzene rings is 1. The van der Waals surface area contributed by atoms with Crippen molar-refractivity contribution in [2.24, 2.45) is 5.92 Å². The van der Waals surface area contributed by atoms with Crippen molar-refractivity contribution in [1.82, 2.24) is 0 Å². The Morgan fingerprint density at radius 2 is 2.10 bits per heavy atom. The summed E-state index contributed by atoms with van der Waals surface area (Å²) < 4.78 is 23.9. The maximum atomic E-state index is 13.6. The lowest BCUT2D eigenvalue weighted by Crippen LogP contribution is -2.11. The molecule has 7 nitrogen and oxygen atoms in total. The molecule has 1 aromatic carbocycles. The molecule has 1 rings (SSSR count). The second-order valence-corrected chi connectivity index (χ2v) is 4.68. The summed E-state index contributed by atoms with van der Waals surface area (Å²) in [6.45, 7) is 4.68. The van der Waals surface area contributed by atoms with E-state index in [9.17, 15) is 19.3 Å². The third-order valence-corrected chi connectivity index (χ3v) is 2.41. The highest BCUT2D eigenvalue weighted by Crippen LogP contribution is 2.27. The van der Waals surface area contributed by atoms with Gasteiger partial charge in [0.1, 0.15) is 12.2 Å². The Labute approximate surface area is 120 Å². The van der Waals surface area contributed by atoms with Crippen molar-refractivity contribution in [3.8, 4) is 5.75 Å². The summed E-state index contributed by atoms with van der Waals surface area (Å²) in [5.41, 5.74) is -1.44. The van der Waals surface area contributed by atoms with Gasteiger partial charge in [-0.1, -0.05) is 13.8 Å². The number of aromatic carboxylic acids is 1. The van der Waals surface area contributed by atoms with Crippen molar-refractivity contribution in [3.05, 3.63) is 33.6 Å². The quantitative estimate of drug-likeness (QED) is 0.450. The smallest absolute Gasteiger partial charge is 0.342 e. The molecule has 0 fully saturated rings. The van der Waals surface area contributed by atoms with Crippen molar-refractivity contribution >= 4 is 11.7 Å². The van der Waals surface area contributed by atoms with E-state index in [4.69, 9.17) is 14.6 Å². The van der Waals surface area contributed by atoms with Crippen LogP contribution in [-0.2, 0) is 4.74 Å². The molecule has 0 bridgehead atoms. The zero-order valence-electron chi connectivity index (χ0n) is 11.7. The summed E-state index contributed by atoms with van der Waals surface area (Å²) in [6.07, 6.45) is 0. The zero-order valence-corrected chi connectivity index (χ0v) is 11.7. The fraction of sp³-hybridized carbons (Fsp3) is 0.462. The summed E-state index contributed by atoms with van der Waals surface area (Å²) in [6, 6.07) is 1.34. The predicted octanol–water partition coefficient (Wildman–Crippen LogP) is 2.48. The Morgan fingerprint density at radius 1 is 1.43 bits per heavy atom. The van der Waals surface area contributed by atoms with Crippen LogP contribution in [0.4, 0.5) is 10.1 Å². The zero-order chi connectivity index (χ0) is 16.0. The lowest BCUT2D eigenvalue weighted by atomic mass is 10.1. The first-order valence-electron chi connectivity index (χ1n) is 6.24. The maximum absolute atomic E-state index is 13.6. The van der Waals surface area contributed by atoms with E-state index in [2.05, 4.69) is 0 Å². The Morgan fingerprint density at radius 3 is 2.62 bits per heavy atom. The van der Waals surface area contributed by atoms with Crippen LogP contribution in [0.5, 0.6) is 5.75 Å². The molecule has 1 N–H and O–H groups in total. The molecule has 0 saturated heterocycles. The molecule has 0 spiro atoms. The summed E-state index contributed by atoms with van der Waals surface area (Å²) in [7, 11) is 0. The minimum Gasteiger partial charge on any atom is -0.488 e. The minimum atomic E-state index is -1.53. The van der Waals surface area contributed by atoms with Crippen LogP contribution in [0, 0.1) is 21.8 Å². The molecule has 0 aliphatic rings. The molecule has 0 aliphatic heterocycles. The molecule has 0 unspecified atom stereocenters. The highest BCUT2D eigenvalue weighted by atomic mass is 19.1. The van der Waals surface area contributed by atoms with E-state index in [0.717, 1.165) is 6.07 Å². The molecule has 116 valence electrons. The van der Waals surface area contributed by atoms with Gasteiger partial charge in [0.15, 0.2) is 11.6 Å². The number of nitro benzene ring substituents is 1. The number of rotatable bonds is 8. The Hall–Kier alpha value is -2.22. The minimum absolute atomic E-state index is 0.0144. The number of hydrogen-bond acceptors (Lipinski definition) is 5. The molecular weight excluding hydrogens is 285 g/mol. The molecule has 0 amide bonds. The van der Waals surface area contributed by atoms with Crippen molar-refractivity contribution in [2.75, 3.05) is 19.8 Å². The summed E-state index contributed by atoms with van der Waals surface area (Å²) >= 11 is 0. The number of carbonyl (C=O) groups is 1. The maximum Gasteiger partial charge on any atom is 0.342 e. The SMILES string of the molecule is CC(C)COCCOc1cc(C(=O)O)c([N+](=O)[O-])cc1F. The van der Waals surface area contributed by atoms with E-state index in [1.54, 1.807) is 0 Å². The number of carboxylic acid groups (broad SMARTS) is 1. The number of nitrogens with zero attached hydrogens (tertiary/aromatic N) is 1. The van der Waals surface area contributed by atoms with Crippen LogP contribution in [0.3, 0.4) is 0 Å². The van der Waals surface area contributed by atoms with E-state index in [0.29, 0.717) is 18.6 Å². The number of halogens is 1. The summed E-state index contributed by atoms with van der Waals surface area (Å²) in [4.78, 5) is 20.6. The van der Waals surface area contributed by atoms with Gasteiger partial charge in [-0.15, -0.1) is 0 Å². The molecular formula is C13H16FNO6. The van der Waals surface area contributed by atoms with Crippen LogP contribution in [0.2, 0.25) is 0 Å². The van der Waals surface area contributed by atoms with Crippen LogP contribution < -0.4 is 4.74 Å². The summed E-state index contributed by atoms with van der Waals surface area (Å²) in [5.74, 6) is -2.52. The van der Waals surface area contributed by atoms with Crippen molar-refractivity contribution in [3.63, 3.8) is 0 Å². The number of ether oxygens (including phenoxy) is 2. The van der Waals surface area contributed by atoms with Gasteiger partial charge < -0.3 is 14.6 Å². The highest BCUT2D eigenvalue weighted by Gasteiger charge is 2.23. The molecule has 0 aliphatic carbocycles. The lowest BCUT2D eigenvalue weighted by Gasteiger charge is -2.10. The molecule has 1 aromatic rings. The van der Waals surface area contributed by atoms with Gasteiger partial charge in [0, 0.05) is 12.7 Å². The first kappa shape index (κ1) is 16.8. The Balaban J connectivity index is 2.77. The van der Waals surface area contributed by atoms with Crippen molar-refractivity contribution < 1.29 is 28.7 Å². The van der Waals surface area contributed by atoms with Gasteiger partial charge >= 0.3 is 5.97 Å². The van der Waals surface area contributed by atoms with Gasteiger partial charge in [0.2, 0.25) is 0 Å². The van der Waals surface area contributed by atoms with E-state index in [1.165, 1.54) is 0 Å². The molecule has 8 heteroatoms. The van der Waals surface area contributed by atoms with Crippen LogP contribution >= 0.6 is 0 Å². The van der Waals surface area contributed by atoms with Gasteiger partial charge in [0.05, 0.1) is 17.6 Å². The standard InChI is InChI=1S/C13H16FNO6/c1-8(2)7-20-3-4-21-12-5-9(13(16)17)11(15(18)19)6-10(12)14/h5-6,8H,3-4,7H2,1-2H3,(H,16,17). The molecule has 21 heavy (non-hydrogen) atoms. The van der Waals surface area contributed by atoms with Gasteiger partial charge in [-0.2, -0.15) is 0 Å². The number of hydrogen-bond donors (Lipinski definition) is 1. The molecule has 0 aromatic heterocycles. The van der Waals surface area contributed by atoms with E-state index in [-0.39, 0.29) is 19.0 Å². The van der Waals surface area contributed by atoms with Gasteiger partial charge in [-0.3, -0.25) is 10.1 Å². The van der Waals surface area contributed by atoms with Crippen molar-refractivity contribution in [2.45, 2.75) is 13.8 Å². The second kappa shape index (κ2) is 7.53. The van der Waals surface area contributed by atoms with Crippen LogP contribution in [0.25, 0.3) is 0 Å². The molecule has 0 atom stereocenters. The highest BCUT2D eigenvalue weighted by molar-refractivity contribution is 5.92. The van der Waals surface area contributed by atoms with Gasteiger partial charge in [0.25, 0.3) is 5.69 Å². The number of nitro groups is 1. The molecule has 0 saturated carbocycles. The normalized spacial score (nSPS) is 10.7. The van der Waals surface area contributed by atoms with Gasteiger partial charge in [-0.25, -0.2) is 9.18 Å². The molecule has 0 heterocycles. The molecule has 0 radical (unpaired) electrons. The first-order chi connectivity index (χ1) is 9.82. The monoisotopic (exact) mass is 301 g/mol. The topological polar surface area (TPSA) is 98.9 Å². The average molecular weight is 301 g/mol.